The van der Waals surface area contributed by atoms with Crippen LogP contribution < -0.4 is 0 Å². The third-order valence-electron chi connectivity index (χ3n) is 3.44. The van der Waals surface area contributed by atoms with Crippen LogP contribution in [0.4, 0.5) is 18.9 Å². The summed E-state index contributed by atoms with van der Waals surface area (Å²) in [6.07, 6.45) is 1.74. The average Bonchev–Trinajstić information content (AvgIpc) is 2.64. The molecule has 3 aromatic rings. The van der Waals surface area contributed by atoms with Crippen LogP contribution in [-0.4, -0.2) is 5.71 Å². The molecule has 0 fully saturated rings. The largest absolute Gasteiger partial charge is 0.248 e. The van der Waals surface area contributed by atoms with Crippen molar-refractivity contribution >= 4 is 23.2 Å². The third kappa shape index (κ3) is 5.10. The minimum atomic E-state index is -0.367. The molecule has 0 heterocycles. The number of halogens is 3. The maximum atomic E-state index is 13.6. The zero-order valence-electron chi connectivity index (χ0n) is 13.6. The van der Waals surface area contributed by atoms with E-state index in [0.717, 1.165) is 4.90 Å². The Morgan fingerprint density at radius 2 is 1.42 bits per heavy atom. The maximum absolute atomic E-state index is 13.6. The fraction of sp³-hybridized carbons (Fsp3) is 0. The molecule has 0 spiro atoms. The Morgan fingerprint density at radius 3 is 2.08 bits per heavy atom. The molecule has 0 unspecified atom stereocenters. The first-order valence-electron chi connectivity index (χ1n) is 7.79. The molecule has 0 atom stereocenters. The number of hydrogen-bond acceptors (Lipinski definition) is 2. The highest BCUT2D eigenvalue weighted by molar-refractivity contribution is 8.02. The van der Waals surface area contributed by atoms with Crippen LogP contribution in [0.25, 0.3) is 0 Å². The van der Waals surface area contributed by atoms with Gasteiger partial charge in [-0.1, -0.05) is 23.9 Å². The van der Waals surface area contributed by atoms with E-state index in [9.17, 15) is 13.2 Å². The quantitative estimate of drug-likeness (QED) is 0.368. The van der Waals surface area contributed by atoms with Gasteiger partial charge < -0.3 is 0 Å². The van der Waals surface area contributed by atoms with Gasteiger partial charge in [-0.15, -0.1) is 0 Å². The van der Waals surface area contributed by atoms with Gasteiger partial charge in [0.25, 0.3) is 0 Å². The summed E-state index contributed by atoms with van der Waals surface area (Å²) in [5.74, 6) is -1.01. The molecule has 0 bridgehead atoms. The van der Waals surface area contributed by atoms with E-state index >= 15 is 0 Å². The SMILES string of the molecule is Fc1ccc(N=C(C=CSc2ccc(F)cc2)c2cccc(F)c2)cc1. The first-order valence-corrected chi connectivity index (χ1v) is 8.67. The zero-order chi connectivity index (χ0) is 18.4. The highest BCUT2D eigenvalue weighted by Gasteiger charge is 2.03. The highest BCUT2D eigenvalue weighted by Crippen LogP contribution is 2.21. The summed E-state index contributed by atoms with van der Waals surface area (Å²) in [4.78, 5) is 5.34. The summed E-state index contributed by atoms with van der Waals surface area (Å²) in [6, 6.07) is 17.9. The molecule has 3 rings (SSSR count). The van der Waals surface area contributed by atoms with Crippen molar-refractivity contribution in [1.29, 1.82) is 0 Å². The second-order valence-corrected chi connectivity index (χ2v) is 6.34. The van der Waals surface area contributed by atoms with Gasteiger partial charge >= 0.3 is 0 Å². The number of allylic oxidation sites excluding steroid dienone is 1. The standard InChI is InChI=1S/C21H14F3NS/c22-16-4-8-19(9-5-16)25-21(15-2-1-3-18(24)14-15)12-13-26-20-10-6-17(23)7-11-20/h1-14H. The molecule has 0 N–H and O–H groups in total. The fourth-order valence-corrected chi connectivity index (χ4v) is 2.84. The van der Waals surface area contributed by atoms with Crippen molar-refractivity contribution in [2.75, 3.05) is 0 Å². The topological polar surface area (TPSA) is 12.4 Å². The summed E-state index contributed by atoms with van der Waals surface area (Å²) in [7, 11) is 0. The maximum Gasteiger partial charge on any atom is 0.123 e. The normalized spacial score (nSPS) is 11.9. The lowest BCUT2D eigenvalue weighted by Crippen LogP contribution is -1.97. The van der Waals surface area contributed by atoms with Crippen molar-refractivity contribution in [2.24, 2.45) is 4.99 Å². The van der Waals surface area contributed by atoms with E-state index in [-0.39, 0.29) is 17.5 Å². The van der Waals surface area contributed by atoms with Crippen LogP contribution in [0.2, 0.25) is 0 Å². The minimum absolute atomic E-state index is 0.295. The van der Waals surface area contributed by atoms with Gasteiger partial charge in [-0.3, -0.25) is 0 Å². The Balaban J connectivity index is 1.88. The van der Waals surface area contributed by atoms with E-state index in [1.54, 1.807) is 47.9 Å². The number of thioether (sulfide) groups is 1. The van der Waals surface area contributed by atoms with Crippen molar-refractivity contribution in [3.63, 3.8) is 0 Å². The summed E-state index contributed by atoms with van der Waals surface area (Å²) in [5, 5.41) is 1.79. The Hall–Kier alpha value is -2.79. The molecule has 5 heteroatoms. The van der Waals surface area contributed by atoms with E-state index in [4.69, 9.17) is 0 Å². The Morgan fingerprint density at radius 1 is 0.769 bits per heavy atom. The Bertz CT molecular complexity index is 932. The van der Waals surface area contributed by atoms with Gasteiger partial charge in [0.1, 0.15) is 17.5 Å². The molecule has 0 saturated carbocycles. The molecule has 0 amide bonds. The molecule has 0 aliphatic rings. The molecular weight excluding hydrogens is 355 g/mol. The zero-order valence-corrected chi connectivity index (χ0v) is 14.4. The second kappa shape index (κ2) is 8.54. The minimum Gasteiger partial charge on any atom is -0.248 e. The summed E-state index contributed by atoms with van der Waals surface area (Å²) in [6.45, 7) is 0. The molecule has 1 nitrogen and oxygen atoms in total. The van der Waals surface area contributed by atoms with E-state index in [1.807, 2.05) is 0 Å². The van der Waals surface area contributed by atoms with Crippen molar-refractivity contribution in [3.05, 3.63) is 107 Å². The van der Waals surface area contributed by atoms with Gasteiger partial charge in [0, 0.05) is 10.5 Å². The molecule has 130 valence electrons. The van der Waals surface area contributed by atoms with Crippen LogP contribution in [0.3, 0.4) is 0 Å². The van der Waals surface area contributed by atoms with Crippen LogP contribution in [0.5, 0.6) is 0 Å². The lowest BCUT2D eigenvalue weighted by molar-refractivity contribution is 0.626. The smallest absolute Gasteiger partial charge is 0.123 e. The number of rotatable bonds is 5. The molecule has 0 radical (unpaired) electrons. The number of benzene rings is 3. The lowest BCUT2D eigenvalue weighted by atomic mass is 10.1. The average molecular weight is 369 g/mol. The van der Waals surface area contributed by atoms with Crippen LogP contribution in [-0.2, 0) is 0 Å². The van der Waals surface area contributed by atoms with E-state index in [0.29, 0.717) is 17.0 Å². The predicted octanol–water partition coefficient (Wildman–Crippen LogP) is 6.53. The molecule has 26 heavy (non-hydrogen) atoms. The molecular formula is C21H14F3NS. The Labute approximate surface area is 153 Å². The first-order chi connectivity index (χ1) is 12.6. The van der Waals surface area contributed by atoms with Gasteiger partial charge in [-0.25, -0.2) is 18.2 Å². The molecule has 0 aliphatic carbocycles. The molecule has 0 aliphatic heterocycles. The third-order valence-corrected chi connectivity index (χ3v) is 4.26. The van der Waals surface area contributed by atoms with Crippen LogP contribution in [0.15, 0.2) is 94.2 Å². The van der Waals surface area contributed by atoms with Gasteiger partial charge in [-0.05, 0) is 72.1 Å². The number of hydrogen-bond donors (Lipinski definition) is 0. The van der Waals surface area contributed by atoms with Crippen LogP contribution >= 0.6 is 11.8 Å². The van der Waals surface area contributed by atoms with E-state index < -0.39 is 0 Å². The monoisotopic (exact) mass is 369 g/mol. The number of nitrogens with zero attached hydrogens (tertiary/aromatic N) is 1. The summed E-state index contributed by atoms with van der Waals surface area (Å²) in [5.41, 5.74) is 1.69. The summed E-state index contributed by atoms with van der Waals surface area (Å²) < 4.78 is 39.6. The van der Waals surface area contributed by atoms with Crippen molar-refractivity contribution in [1.82, 2.24) is 0 Å². The lowest BCUT2D eigenvalue weighted by Gasteiger charge is -2.03. The van der Waals surface area contributed by atoms with Crippen molar-refractivity contribution < 1.29 is 13.2 Å². The first kappa shape index (κ1) is 18.0. The number of aliphatic imine (C=N–C) groups is 1. The molecule has 3 aromatic carbocycles. The summed E-state index contributed by atoms with van der Waals surface area (Å²) >= 11 is 1.39. The van der Waals surface area contributed by atoms with Crippen LogP contribution in [0.1, 0.15) is 5.56 Å². The molecule has 0 saturated heterocycles. The fourth-order valence-electron chi connectivity index (χ4n) is 2.19. The van der Waals surface area contributed by atoms with Crippen molar-refractivity contribution in [3.8, 4) is 0 Å². The van der Waals surface area contributed by atoms with E-state index in [1.165, 1.54) is 48.2 Å². The van der Waals surface area contributed by atoms with Gasteiger partial charge in [-0.2, -0.15) is 0 Å². The highest BCUT2D eigenvalue weighted by atomic mass is 32.2. The van der Waals surface area contributed by atoms with E-state index in [2.05, 4.69) is 4.99 Å². The van der Waals surface area contributed by atoms with Gasteiger partial charge in [0.2, 0.25) is 0 Å². The van der Waals surface area contributed by atoms with Gasteiger partial charge in [0.15, 0.2) is 0 Å². The van der Waals surface area contributed by atoms with Crippen LogP contribution in [0, 0.1) is 17.5 Å². The Kier molecular flexibility index (Phi) is 5.92. The predicted molar refractivity (Wildman–Crippen MR) is 100 cm³/mol. The van der Waals surface area contributed by atoms with Crippen molar-refractivity contribution in [2.45, 2.75) is 4.90 Å². The second-order valence-electron chi connectivity index (χ2n) is 5.36. The molecule has 0 aromatic heterocycles. The van der Waals surface area contributed by atoms with Gasteiger partial charge in [0.05, 0.1) is 11.4 Å².